The van der Waals surface area contributed by atoms with E-state index < -0.39 is 0 Å². The maximum Gasteiger partial charge on any atom is 0.306 e. The highest BCUT2D eigenvalue weighted by Gasteiger charge is 2.58. The Bertz CT molecular complexity index is 364. The van der Waals surface area contributed by atoms with E-state index >= 15 is 0 Å². The van der Waals surface area contributed by atoms with E-state index in [1.807, 2.05) is 0 Å². The average molecular weight is 249 g/mol. The zero-order valence-corrected chi connectivity index (χ0v) is 11.9. The number of hydrogen-bond donors (Lipinski definition) is 0. The molecule has 0 aromatic carbocycles. The van der Waals surface area contributed by atoms with Crippen LogP contribution in [0.4, 0.5) is 0 Å². The molecule has 2 aliphatic carbocycles. The van der Waals surface area contributed by atoms with Gasteiger partial charge in [-0.3, -0.25) is 4.79 Å². The molecule has 0 bridgehead atoms. The van der Waals surface area contributed by atoms with Crippen LogP contribution >= 0.6 is 0 Å². The summed E-state index contributed by atoms with van der Waals surface area (Å²) in [5.41, 5.74) is 0.194. The summed E-state index contributed by atoms with van der Waals surface area (Å²) in [6.07, 6.45) is 8.95. The van der Waals surface area contributed by atoms with Crippen LogP contribution in [0.2, 0.25) is 0 Å². The first kappa shape index (κ1) is 12.5. The van der Waals surface area contributed by atoms with E-state index in [2.05, 4.69) is 27.2 Å². The molecule has 5 atom stereocenters. The molecule has 1 saturated heterocycles. The van der Waals surface area contributed by atoms with Gasteiger partial charge >= 0.3 is 5.97 Å². The van der Waals surface area contributed by atoms with E-state index in [-0.39, 0.29) is 11.6 Å². The zero-order valence-electron chi connectivity index (χ0n) is 11.9. The number of hydrogen-bond acceptors (Lipinski definition) is 2. The fourth-order valence-corrected chi connectivity index (χ4v) is 5.28. The maximum absolute atomic E-state index is 11.6. The lowest BCUT2D eigenvalue weighted by atomic mass is 9.48. The molecule has 2 nitrogen and oxygen atoms in total. The van der Waals surface area contributed by atoms with E-state index in [9.17, 15) is 4.79 Å². The molecule has 3 fully saturated rings. The molecule has 2 saturated carbocycles. The molecule has 0 aromatic rings. The first-order valence-electron chi connectivity index (χ1n) is 7.51. The summed E-state index contributed by atoms with van der Waals surface area (Å²) < 4.78 is 5.78. The van der Waals surface area contributed by atoms with Crippen LogP contribution in [0.15, 0.2) is 0 Å². The third-order valence-corrected chi connectivity index (χ3v) is 6.17. The molecule has 0 spiro atoms. The highest BCUT2D eigenvalue weighted by Crippen LogP contribution is 2.61. The van der Waals surface area contributed by atoms with Crippen molar-refractivity contribution in [3.63, 3.8) is 0 Å². The molecule has 1 radical (unpaired) electrons. The van der Waals surface area contributed by atoms with Crippen LogP contribution in [-0.4, -0.2) is 11.6 Å². The minimum Gasteiger partial charge on any atom is -0.459 e. The Labute approximate surface area is 110 Å². The minimum atomic E-state index is -0.183. The first-order valence-corrected chi connectivity index (χ1v) is 7.51. The number of carbonyl (C=O) groups excluding carboxylic acids is 1. The van der Waals surface area contributed by atoms with Crippen molar-refractivity contribution in [2.24, 2.45) is 23.2 Å². The van der Waals surface area contributed by atoms with Gasteiger partial charge in [0.2, 0.25) is 0 Å². The van der Waals surface area contributed by atoms with Crippen LogP contribution in [0.1, 0.15) is 59.3 Å². The molecule has 2 unspecified atom stereocenters. The van der Waals surface area contributed by atoms with Gasteiger partial charge in [0.25, 0.3) is 0 Å². The fourth-order valence-electron chi connectivity index (χ4n) is 5.28. The summed E-state index contributed by atoms with van der Waals surface area (Å²) >= 11 is 0. The molecule has 1 aliphatic heterocycles. The van der Waals surface area contributed by atoms with Gasteiger partial charge in [-0.2, -0.15) is 0 Å². The van der Waals surface area contributed by atoms with Crippen molar-refractivity contribution in [3.05, 3.63) is 6.42 Å². The van der Waals surface area contributed by atoms with Gasteiger partial charge in [0, 0.05) is 12.3 Å². The highest BCUT2D eigenvalue weighted by atomic mass is 16.6. The number of rotatable bonds is 0. The molecule has 1 heterocycles. The Morgan fingerprint density at radius 3 is 2.83 bits per heavy atom. The van der Waals surface area contributed by atoms with Crippen LogP contribution in [0.3, 0.4) is 0 Å². The van der Waals surface area contributed by atoms with Crippen molar-refractivity contribution in [3.8, 4) is 0 Å². The van der Waals surface area contributed by atoms with Gasteiger partial charge < -0.3 is 4.74 Å². The number of ether oxygens (including phenoxy) is 1. The standard InChI is InChI=1S/C16H25O2/c1-11-5-4-9-15(2)12(11)8-10-16(3)13(15)6-7-14(17)18-16/h5,11-13H,4,6-10H2,1-3H3/t11-,12?,13?,15-,16+/m0/s1. The summed E-state index contributed by atoms with van der Waals surface area (Å²) in [6.45, 7) is 7.02. The van der Waals surface area contributed by atoms with Gasteiger partial charge in [-0.05, 0) is 62.7 Å². The molecule has 2 heteroatoms. The Morgan fingerprint density at radius 1 is 1.28 bits per heavy atom. The fraction of sp³-hybridized carbons (Fsp3) is 0.875. The number of esters is 1. The molecule has 0 N–H and O–H groups in total. The normalized spacial score (nSPS) is 52.2. The molecular weight excluding hydrogens is 224 g/mol. The third-order valence-electron chi connectivity index (χ3n) is 6.17. The van der Waals surface area contributed by atoms with Crippen LogP contribution in [0.5, 0.6) is 0 Å². The quantitative estimate of drug-likeness (QED) is 0.611. The average Bonchev–Trinajstić information content (AvgIpc) is 2.27. The molecular formula is C16H25O2. The second kappa shape index (κ2) is 3.98. The van der Waals surface area contributed by atoms with E-state index in [4.69, 9.17) is 4.74 Å². The number of carbonyl (C=O) groups is 1. The van der Waals surface area contributed by atoms with Crippen molar-refractivity contribution in [2.75, 3.05) is 0 Å². The summed E-state index contributed by atoms with van der Waals surface area (Å²) in [5.74, 6) is 2.11. The van der Waals surface area contributed by atoms with E-state index in [1.54, 1.807) is 0 Å². The number of fused-ring (bicyclic) bond motifs is 3. The molecule has 3 rings (SSSR count). The van der Waals surface area contributed by atoms with Crippen molar-refractivity contribution in [1.29, 1.82) is 0 Å². The van der Waals surface area contributed by atoms with Crippen LogP contribution in [-0.2, 0) is 9.53 Å². The van der Waals surface area contributed by atoms with E-state index in [0.29, 0.717) is 17.8 Å². The minimum absolute atomic E-state index is 0.0196. The molecule has 18 heavy (non-hydrogen) atoms. The molecule has 101 valence electrons. The van der Waals surface area contributed by atoms with Crippen LogP contribution < -0.4 is 0 Å². The summed E-state index contributed by atoms with van der Waals surface area (Å²) in [7, 11) is 0. The van der Waals surface area contributed by atoms with Crippen molar-refractivity contribution < 1.29 is 9.53 Å². The van der Waals surface area contributed by atoms with Gasteiger partial charge in [-0.15, -0.1) is 0 Å². The smallest absolute Gasteiger partial charge is 0.306 e. The van der Waals surface area contributed by atoms with Crippen LogP contribution in [0, 0.1) is 29.6 Å². The van der Waals surface area contributed by atoms with Gasteiger partial charge in [0.1, 0.15) is 5.60 Å². The molecule has 0 amide bonds. The lowest BCUT2D eigenvalue weighted by molar-refractivity contribution is -0.205. The Morgan fingerprint density at radius 2 is 2.06 bits per heavy atom. The Kier molecular flexibility index (Phi) is 2.76. The molecule has 0 aromatic heterocycles. The monoisotopic (exact) mass is 249 g/mol. The predicted molar refractivity (Wildman–Crippen MR) is 70.8 cm³/mol. The second-order valence-electron chi connectivity index (χ2n) is 7.16. The Hall–Kier alpha value is -0.530. The van der Waals surface area contributed by atoms with E-state index in [0.717, 1.165) is 24.7 Å². The maximum atomic E-state index is 11.6. The summed E-state index contributed by atoms with van der Waals surface area (Å²) in [4.78, 5) is 11.6. The topological polar surface area (TPSA) is 26.3 Å². The zero-order chi connectivity index (χ0) is 13.0. The Balaban J connectivity index is 1.93. The SMILES string of the molecule is C[C@H]1[CH]CC[C@@]2(C)C1CC[C@@]1(C)OC(=O)CCC21. The van der Waals surface area contributed by atoms with Crippen LogP contribution in [0.25, 0.3) is 0 Å². The van der Waals surface area contributed by atoms with Gasteiger partial charge in [0.15, 0.2) is 0 Å². The summed E-state index contributed by atoms with van der Waals surface area (Å²) in [5, 5.41) is 0. The second-order valence-corrected chi connectivity index (χ2v) is 7.16. The molecule has 3 aliphatic rings. The highest BCUT2D eigenvalue weighted by molar-refractivity contribution is 5.71. The van der Waals surface area contributed by atoms with E-state index in [1.165, 1.54) is 19.3 Å². The summed E-state index contributed by atoms with van der Waals surface area (Å²) in [6, 6.07) is 0. The third kappa shape index (κ3) is 1.64. The van der Waals surface area contributed by atoms with Gasteiger partial charge in [0.05, 0.1) is 0 Å². The predicted octanol–water partition coefficient (Wildman–Crippen LogP) is 3.75. The van der Waals surface area contributed by atoms with Crippen molar-refractivity contribution in [2.45, 2.75) is 64.9 Å². The van der Waals surface area contributed by atoms with Gasteiger partial charge in [-0.1, -0.05) is 13.8 Å². The van der Waals surface area contributed by atoms with Gasteiger partial charge in [-0.25, -0.2) is 0 Å². The van der Waals surface area contributed by atoms with Crippen molar-refractivity contribution >= 4 is 5.97 Å². The first-order chi connectivity index (χ1) is 8.46. The lowest BCUT2D eigenvalue weighted by Gasteiger charge is -2.60. The lowest BCUT2D eigenvalue weighted by Crippen LogP contribution is -2.58. The largest absolute Gasteiger partial charge is 0.459 e. The van der Waals surface area contributed by atoms with Crippen molar-refractivity contribution in [1.82, 2.24) is 0 Å².